The third-order valence-electron chi connectivity index (χ3n) is 8.50. The standard InChI is InChI=1S/C28H59NO4/c1-22(21-33-28(12,13)29)25(6,7)27(10,11)32-20-18-23(2,3)26(8,9)31-19-16-15-17-24(4,5)30-14/h22H,15-21,29H2,1-14H3. The molecule has 0 rings (SSSR count). The number of hydrogen-bond acceptors (Lipinski definition) is 5. The molecule has 0 amide bonds. The lowest BCUT2D eigenvalue weighted by Crippen LogP contribution is -2.49. The van der Waals surface area contributed by atoms with Gasteiger partial charge < -0.3 is 24.7 Å². The highest BCUT2D eigenvalue weighted by Crippen LogP contribution is 2.43. The van der Waals surface area contributed by atoms with Crippen molar-refractivity contribution in [2.75, 3.05) is 26.9 Å². The van der Waals surface area contributed by atoms with Crippen molar-refractivity contribution in [2.45, 2.75) is 138 Å². The van der Waals surface area contributed by atoms with Crippen LogP contribution < -0.4 is 5.73 Å². The van der Waals surface area contributed by atoms with Gasteiger partial charge in [-0.25, -0.2) is 0 Å². The molecule has 0 aromatic carbocycles. The number of methoxy groups -OCH3 is 1. The van der Waals surface area contributed by atoms with Gasteiger partial charge >= 0.3 is 0 Å². The van der Waals surface area contributed by atoms with Gasteiger partial charge in [0.1, 0.15) is 5.72 Å². The van der Waals surface area contributed by atoms with E-state index in [1.165, 1.54) is 0 Å². The zero-order valence-electron chi connectivity index (χ0n) is 24.7. The fourth-order valence-electron chi connectivity index (χ4n) is 3.47. The molecule has 0 saturated carbocycles. The van der Waals surface area contributed by atoms with E-state index in [1.807, 2.05) is 13.8 Å². The summed E-state index contributed by atoms with van der Waals surface area (Å²) < 4.78 is 24.3. The third kappa shape index (κ3) is 10.9. The Morgan fingerprint density at radius 3 is 1.67 bits per heavy atom. The second kappa shape index (κ2) is 12.2. The van der Waals surface area contributed by atoms with E-state index in [1.54, 1.807) is 7.11 Å². The molecule has 0 aliphatic rings. The Morgan fingerprint density at radius 2 is 1.18 bits per heavy atom. The molecule has 1 unspecified atom stereocenters. The van der Waals surface area contributed by atoms with Crippen molar-refractivity contribution >= 4 is 0 Å². The summed E-state index contributed by atoms with van der Waals surface area (Å²) in [4.78, 5) is 0. The van der Waals surface area contributed by atoms with E-state index >= 15 is 0 Å². The molecular weight excluding hydrogens is 414 g/mol. The minimum Gasteiger partial charge on any atom is -0.379 e. The number of nitrogens with two attached hydrogens (primary N) is 1. The summed E-state index contributed by atoms with van der Waals surface area (Å²) in [6.07, 6.45) is 4.12. The van der Waals surface area contributed by atoms with E-state index in [2.05, 4.69) is 76.2 Å². The van der Waals surface area contributed by atoms with Gasteiger partial charge in [0.2, 0.25) is 0 Å². The molecule has 0 aromatic rings. The number of hydrogen-bond donors (Lipinski definition) is 1. The molecule has 0 bridgehead atoms. The highest BCUT2D eigenvalue weighted by atomic mass is 16.5. The lowest BCUT2D eigenvalue weighted by Gasteiger charge is -2.47. The quantitative estimate of drug-likeness (QED) is 0.183. The first kappa shape index (κ1) is 32.8. The Labute approximate surface area is 206 Å². The molecule has 0 aliphatic carbocycles. The minimum atomic E-state index is -0.620. The summed E-state index contributed by atoms with van der Waals surface area (Å²) in [6.45, 7) is 30.2. The van der Waals surface area contributed by atoms with Crippen LogP contribution in [0.5, 0.6) is 0 Å². The van der Waals surface area contributed by atoms with Gasteiger partial charge in [0, 0.05) is 20.3 Å². The second-order valence-corrected chi connectivity index (χ2v) is 13.3. The predicted molar refractivity (Wildman–Crippen MR) is 141 cm³/mol. The number of unbranched alkanes of at least 4 members (excludes halogenated alkanes) is 1. The number of rotatable bonds is 17. The van der Waals surface area contributed by atoms with Crippen LogP contribution in [0.2, 0.25) is 0 Å². The van der Waals surface area contributed by atoms with Crippen molar-refractivity contribution in [1.82, 2.24) is 0 Å². The molecule has 0 spiro atoms. The summed E-state index contributed by atoms with van der Waals surface area (Å²) >= 11 is 0. The monoisotopic (exact) mass is 473 g/mol. The molecule has 0 saturated heterocycles. The SMILES string of the molecule is COC(C)(C)CCCCOC(C)(C)C(C)(C)CCOC(C)(C)C(C)(C)C(C)COC(C)(C)N. The molecule has 2 N–H and O–H groups in total. The second-order valence-electron chi connectivity index (χ2n) is 13.3. The average molecular weight is 474 g/mol. The van der Waals surface area contributed by atoms with Crippen molar-refractivity contribution in [3.05, 3.63) is 0 Å². The van der Waals surface area contributed by atoms with Gasteiger partial charge in [0.15, 0.2) is 0 Å². The van der Waals surface area contributed by atoms with Crippen LogP contribution in [0.4, 0.5) is 0 Å². The molecule has 0 fully saturated rings. The van der Waals surface area contributed by atoms with Crippen molar-refractivity contribution in [1.29, 1.82) is 0 Å². The number of ether oxygens (including phenoxy) is 4. The van der Waals surface area contributed by atoms with E-state index < -0.39 is 5.72 Å². The summed E-state index contributed by atoms with van der Waals surface area (Å²) in [7, 11) is 1.78. The van der Waals surface area contributed by atoms with Crippen LogP contribution in [0.1, 0.15) is 116 Å². The molecular formula is C28H59NO4. The van der Waals surface area contributed by atoms with Crippen LogP contribution >= 0.6 is 0 Å². The normalized spacial score (nSPS) is 15.7. The summed E-state index contributed by atoms with van der Waals surface area (Å²) in [5.74, 6) is 0.297. The maximum absolute atomic E-state index is 6.51. The first-order valence-corrected chi connectivity index (χ1v) is 12.9. The molecule has 5 nitrogen and oxygen atoms in total. The van der Waals surface area contributed by atoms with Crippen LogP contribution in [0.25, 0.3) is 0 Å². The van der Waals surface area contributed by atoms with Crippen LogP contribution in [0.3, 0.4) is 0 Å². The maximum atomic E-state index is 6.51. The van der Waals surface area contributed by atoms with E-state index in [9.17, 15) is 0 Å². The predicted octanol–water partition coefficient (Wildman–Crippen LogP) is 6.96. The van der Waals surface area contributed by atoms with Crippen LogP contribution in [0.15, 0.2) is 0 Å². The fraction of sp³-hybridized carbons (Fsp3) is 1.00. The third-order valence-corrected chi connectivity index (χ3v) is 8.50. The lowest BCUT2D eigenvalue weighted by molar-refractivity contribution is -0.155. The van der Waals surface area contributed by atoms with Crippen molar-refractivity contribution in [2.24, 2.45) is 22.5 Å². The molecule has 5 heteroatoms. The first-order valence-electron chi connectivity index (χ1n) is 12.9. The summed E-state index contributed by atoms with van der Waals surface area (Å²) in [5, 5.41) is 0. The van der Waals surface area contributed by atoms with Crippen molar-refractivity contribution < 1.29 is 18.9 Å². The molecule has 0 aliphatic heterocycles. The minimum absolute atomic E-state index is 0.0165. The maximum Gasteiger partial charge on any atom is 0.111 e. The fourth-order valence-corrected chi connectivity index (χ4v) is 3.47. The largest absolute Gasteiger partial charge is 0.379 e. The van der Waals surface area contributed by atoms with Gasteiger partial charge in [-0.1, -0.05) is 34.6 Å². The van der Waals surface area contributed by atoms with Gasteiger partial charge in [0.25, 0.3) is 0 Å². The van der Waals surface area contributed by atoms with E-state index in [0.717, 1.165) is 32.3 Å². The van der Waals surface area contributed by atoms with Crippen LogP contribution in [-0.4, -0.2) is 49.5 Å². The van der Waals surface area contributed by atoms with Gasteiger partial charge in [-0.05, 0) is 97.8 Å². The Balaban J connectivity index is 4.74. The molecule has 0 heterocycles. The van der Waals surface area contributed by atoms with Crippen LogP contribution in [0, 0.1) is 16.7 Å². The smallest absolute Gasteiger partial charge is 0.111 e. The Bertz CT molecular complexity index is 559. The molecule has 1 atom stereocenters. The van der Waals surface area contributed by atoms with Gasteiger partial charge in [-0.15, -0.1) is 0 Å². The molecule has 200 valence electrons. The van der Waals surface area contributed by atoms with E-state index in [4.69, 9.17) is 24.7 Å². The zero-order chi connectivity index (χ0) is 26.4. The topological polar surface area (TPSA) is 62.9 Å². The molecule has 0 aromatic heterocycles. The van der Waals surface area contributed by atoms with Gasteiger partial charge in [-0.3, -0.25) is 0 Å². The zero-order valence-corrected chi connectivity index (χ0v) is 24.7. The highest BCUT2D eigenvalue weighted by Gasteiger charge is 2.44. The first-order chi connectivity index (χ1) is 14.6. The molecule has 33 heavy (non-hydrogen) atoms. The summed E-state index contributed by atoms with van der Waals surface area (Å²) in [5.41, 5.74) is 4.70. The van der Waals surface area contributed by atoms with Crippen molar-refractivity contribution in [3.8, 4) is 0 Å². The van der Waals surface area contributed by atoms with Gasteiger partial charge in [0.05, 0.1) is 23.4 Å². The van der Waals surface area contributed by atoms with E-state index in [-0.39, 0.29) is 27.6 Å². The summed E-state index contributed by atoms with van der Waals surface area (Å²) in [6, 6.07) is 0. The Morgan fingerprint density at radius 1 is 0.667 bits per heavy atom. The Kier molecular flexibility index (Phi) is 12.1. The van der Waals surface area contributed by atoms with Crippen LogP contribution in [-0.2, 0) is 18.9 Å². The lowest BCUT2D eigenvalue weighted by atomic mass is 9.68. The van der Waals surface area contributed by atoms with Gasteiger partial charge in [-0.2, -0.15) is 0 Å². The highest BCUT2D eigenvalue weighted by molar-refractivity contribution is 4.93. The molecule has 0 radical (unpaired) electrons. The van der Waals surface area contributed by atoms with Crippen molar-refractivity contribution in [3.63, 3.8) is 0 Å². The Hall–Kier alpha value is -0.200. The van der Waals surface area contributed by atoms with E-state index in [0.29, 0.717) is 19.1 Å². The average Bonchev–Trinajstić information content (AvgIpc) is 2.64.